The highest BCUT2D eigenvalue weighted by Gasteiger charge is 2.11. The number of aryl methyl sites for hydroxylation is 1. The van der Waals surface area contributed by atoms with Gasteiger partial charge in [-0.15, -0.1) is 0 Å². The smallest absolute Gasteiger partial charge is 0.132 e. The summed E-state index contributed by atoms with van der Waals surface area (Å²) in [7, 11) is 0. The van der Waals surface area contributed by atoms with Crippen LogP contribution in [0.15, 0.2) is 48.5 Å². The van der Waals surface area contributed by atoms with Crippen LogP contribution in [0.2, 0.25) is 0 Å². The third kappa shape index (κ3) is 2.29. The molecule has 0 bridgehead atoms. The minimum atomic E-state index is -2.14. The molecule has 3 rings (SSSR count). The van der Waals surface area contributed by atoms with E-state index in [1.807, 2.05) is 44.2 Å². The number of benzene rings is 2. The molecule has 0 N–H and O–H groups in total. The molecule has 2 aromatic carbocycles. The molecule has 100 valence electrons. The molecule has 0 atom stereocenters. The quantitative estimate of drug-likeness (QED) is 0.669. The lowest BCUT2D eigenvalue weighted by molar-refractivity contribution is 0.784. The molecule has 2 heteroatoms. The molecule has 0 aliphatic carbocycles. The largest absolute Gasteiger partial charge is 0.233 e. The molecule has 1 aromatic heterocycles. The fourth-order valence-corrected chi connectivity index (χ4v) is 2.22. The van der Waals surface area contributed by atoms with E-state index in [2.05, 4.69) is 4.98 Å². The van der Waals surface area contributed by atoms with Crippen molar-refractivity contribution < 1.29 is 4.11 Å². The molecule has 0 unspecified atom stereocenters. The molecule has 2 nitrogen and oxygen atoms in total. The maximum Gasteiger partial charge on any atom is 0.132 e. The highest BCUT2D eigenvalue weighted by Crippen LogP contribution is 2.28. The van der Waals surface area contributed by atoms with E-state index in [0.717, 1.165) is 28.0 Å². The molecule has 0 spiro atoms. The zero-order chi connectivity index (χ0) is 16.6. The van der Waals surface area contributed by atoms with Gasteiger partial charge in [0.05, 0.1) is 11.2 Å². The van der Waals surface area contributed by atoms with Crippen molar-refractivity contribution in [3.8, 4) is 11.3 Å². The van der Waals surface area contributed by atoms with E-state index in [1.165, 1.54) is 0 Å². The van der Waals surface area contributed by atoms with Crippen LogP contribution < -0.4 is 0 Å². The Balaban J connectivity index is 2.33. The van der Waals surface area contributed by atoms with Crippen LogP contribution in [0.25, 0.3) is 22.2 Å². The summed E-state index contributed by atoms with van der Waals surface area (Å²) in [4.78, 5) is 9.29. The molecule has 0 saturated heterocycles. The zero-order valence-corrected chi connectivity index (χ0v) is 11.6. The molecule has 20 heavy (non-hydrogen) atoms. The monoisotopic (exact) mass is 265 g/mol. The fraction of sp³-hybridized carbons (Fsp3) is 0.222. The Labute approximate surface area is 123 Å². The first-order chi connectivity index (χ1) is 10.9. The van der Waals surface area contributed by atoms with Gasteiger partial charge >= 0.3 is 0 Å². The minimum absolute atomic E-state index is 0.198. The second-order valence-corrected chi connectivity index (χ2v) is 5.18. The van der Waals surface area contributed by atoms with Crippen molar-refractivity contribution >= 4 is 10.9 Å². The van der Waals surface area contributed by atoms with Crippen molar-refractivity contribution in [3.05, 3.63) is 59.9 Å². The Kier molecular flexibility index (Phi) is 2.43. The standard InChI is InChI=1S/C18H18N2/c1-12(2)18-19-16-10-9-13(3)11-15(16)17(20-18)14-7-5-4-6-8-14/h4-12H,1-3H3/i3D3. The first-order valence-corrected chi connectivity index (χ1v) is 6.74. The Morgan fingerprint density at radius 1 is 1.00 bits per heavy atom. The molecule has 0 fully saturated rings. The van der Waals surface area contributed by atoms with Gasteiger partial charge in [0.25, 0.3) is 0 Å². The van der Waals surface area contributed by atoms with Gasteiger partial charge in [-0.1, -0.05) is 55.8 Å². The summed E-state index contributed by atoms with van der Waals surface area (Å²) in [6.45, 7) is 1.96. The number of hydrogen-bond acceptors (Lipinski definition) is 2. The van der Waals surface area contributed by atoms with Crippen molar-refractivity contribution in [2.45, 2.75) is 26.6 Å². The molecule has 0 radical (unpaired) electrons. The fourth-order valence-electron chi connectivity index (χ4n) is 2.22. The van der Waals surface area contributed by atoms with Crippen molar-refractivity contribution in [2.24, 2.45) is 0 Å². The average molecular weight is 265 g/mol. The van der Waals surface area contributed by atoms with Crippen LogP contribution in [0, 0.1) is 6.85 Å². The molecule has 1 heterocycles. The van der Waals surface area contributed by atoms with Crippen molar-refractivity contribution in [1.82, 2.24) is 9.97 Å². The minimum Gasteiger partial charge on any atom is -0.233 e. The lowest BCUT2D eigenvalue weighted by atomic mass is 10.0. The van der Waals surface area contributed by atoms with Gasteiger partial charge in [-0.25, -0.2) is 9.97 Å². The van der Waals surface area contributed by atoms with Crippen molar-refractivity contribution in [3.63, 3.8) is 0 Å². The zero-order valence-electron chi connectivity index (χ0n) is 14.6. The van der Waals surface area contributed by atoms with Gasteiger partial charge in [0.1, 0.15) is 5.82 Å². The van der Waals surface area contributed by atoms with Crippen LogP contribution in [0.4, 0.5) is 0 Å². The molecule has 0 saturated carbocycles. The maximum absolute atomic E-state index is 7.63. The van der Waals surface area contributed by atoms with Crippen LogP contribution >= 0.6 is 0 Å². The van der Waals surface area contributed by atoms with E-state index >= 15 is 0 Å². The van der Waals surface area contributed by atoms with E-state index in [0.29, 0.717) is 5.56 Å². The Bertz CT molecular complexity index is 840. The van der Waals surface area contributed by atoms with E-state index in [-0.39, 0.29) is 5.92 Å². The second-order valence-electron chi connectivity index (χ2n) is 5.18. The van der Waals surface area contributed by atoms with Gasteiger partial charge < -0.3 is 0 Å². The summed E-state index contributed by atoms with van der Waals surface area (Å²) in [5.74, 6) is 0.960. The third-order valence-electron chi connectivity index (χ3n) is 3.28. The molecular formula is C18H18N2. The number of rotatable bonds is 2. The molecule has 0 amide bonds. The van der Waals surface area contributed by atoms with E-state index in [9.17, 15) is 0 Å². The topological polar surface area (TPSA) is 25.8 Å². The van der Waals surface area contributed by atoms with Crippen molar-refractivity contribution in [1.29, 1.82) is 0 Å². The van der Waals surface area contributed by atoms with Crippen LogP contribution in [0.3, 0.4) is 0 Å². The first kappa shape index (κ1) is 9.65. The van der Waals surface area contributed by atoms with Crippen molar-refractivity contribution in [2.75, 3.05) is 0 Å². The van der Waals surface area contributed by atoms with E-state index in [4.69, 9.17) is 9.10 Å². The summed E-state index contributed by atoms with van der Waals surface area (Å²) in [5, 5.41) is 0.772. The summed E-state index contributed by atoms with van der Waals surface area (Å²) in [5.41, 5.74) is 2.83. The van der Waals surface area contributed by atoms with Gasteiger partial charge in [-0.3, -0.25) is 0 Å². The van der Waals surface area contributed by atoms with Crippen LogP contribution in [-0.4, -0.2) is 9.97 Å². The normalized spacial score (nSPS) is 14.1. The molecule has 0 aliphatic heterocycles. The van der Waals surface area contributed by atoms with Crippen LogP contribution in [0.1, 0.15) is 35.3 Å². The SMILES string of the molecule is [2H]C([2H])([2H])c1ccc2nc(C(C)C)nc(-c3ccccc3)c2c1. The van der Waals surface area contributed by atoms with Gasteiger partial charge in [0, 0.05) is 21.0 Å². The molecular weight excluding hydrogens is 244 g/mol. The predicted octanol–water partition coefficient (Wildman–Crippen LogP) is 4.73. The molecule has 3 aromatic rings. The number of aromatic nitrogens is 2. The summed E-state index contributed by atoms with van der Waals surface area (Å²) in [6.07, 6.45) is 0. The number of fused-ring (bicyclic) bond motifs is 1. The van der Waals surface area contributed by atoms with Gasteiger partial charge in [0.2, 0.25) is 0 Å². The van der Waals surface area contributed by atoms with Gasteiger partial charge in [-0.2, -0.15) is 0 Å². The van der Waals surface area contributed by atoms with E-state index in [1.54, 1.807) is 18.2 Å². The lowest BCUT2D eigenvalue weighted by Gasteiger charge is -2.11. The summed E-state index contributed by atoms with van der Waals surface area (Å²) >= 11 is 0. The molecule has 0 aliphatic rings. The summed E-state index contributed by atoms with van der Waals surface area (Å²) in [6, 6.07) is 14.9. The maximum atomic E-state index is 7.63. The number of nitrogens with zero attached hydrogens (tertiary/aromatic N) is 2. The Morgan fingerprint density at radius 3 is 2.50 bits per heavy atom. The van der Waals surface area contributed by atoms with Gasteiger partial charge in [0.15, 0.2) is 0 Å². The van der Waals surface area contributed by atoms with Crippen LogP contribution in [-0.2, 0) is 0 Å². The predicted molar refractivity (Wildman–Crippen MR) is 83.8 cm³/mol. The highest BCUT2D eigenvalue weighted by molar-refractivity contribution is 5.92. The summed E-state index contributed by atoms with van der Waals surface area (Å²) < 4.78 is 22.9. The first-order valence-electron chi connectivity index (χ1n) is 8.24. The lowest BCUT2D eigenvalue weighted by Crippen LogP contribution is -2.00. The second kappa shape index (κ2) is 5.04. The highest BCUT2D eigenvalue weighted by atomic mass is 14.9. The third-order valence-corrected chi connectivity index (χ3v) is 3.28. The Morgan fingerprint density at radius 2 is 1.80 bits per heavy atom. The van der Waals surface area contributed by atoms with Crippen LogP contribution in [0.5, 0.6) is 0 Å². The average Bonchev–Trinajstić information content (AvgIpc) is 2.53. The Hall–Kier alpha value is -2.22. The number of hydrogen-bond donors (Lipinski definition) is 0. The van der Waals surface area contributed by atoms with E-state index < -0.39 is 6.85 Å². The van der Waals surface area contributed by atoms with Gasteiger partial charge in [-0.05, 0) is 19.0 Å².